The van der Waals surface area contributed by atoms with Crippen molar-refractivity contribution in [1.29, 1.82) is 0 Å². The minimum absolute atomic E-state index is 0.131. The third-order valence-corrected chi connectivity index (χ3v) is 6.75. The fraction of sp³-hybridized carbons (Fsp3) is 0.185. The van der Waals surface area contributed by atoms with E-state index in [0.717, 1.165) is 25.9 Å². The molecule has 2 aromatic carbocycles. The summed E-state index contributed by atoms with van der Waals surface area (Å²) in [4.78, 5) is 34.9. The van der Waals surface area contributed by atoms with E-state index in [1.54, 1.807) is 14.0 Å². The van der Waals surface area contributed by atoms with E-state index < -0.39 is 5.69 Å². The Kier molecular flexibility index (Phi) is 6.49. The van der Waals surface area contributed by atoms with E-state index in [1.807, 2.05) is 66.9 Å². The predicted octanol–water partition coefficient (Wildman–Crippen LogP) is 4.80. The Bertz CT molecular complexity index is 1630. The zero-order chi connectivity index (χ0) is 25.2. The molecule has 8 nitrogen and oxygen atoms in total. The number of thiophene rings is 1. The monoisotopic (exact) mass is 500 g/mol. The highest BCUT2D eigenvalue weighted by molar-refractivity contribution is 7.17. The largest absolute Gasteiger partial charge is 0.437 e. The zero-order valence-electron chi connectivity index (χ0n) is 20.1. The molecule has 0 fully saturated rings. The number of rotatable bonds is 7. The lowest BCUT2D eigenvalue weighted by atomic mass is 10.0. The van der Waals surface area contributed by atoms with E-state index in [2.05, 4.69) is 9.97 Å². The maximum Gasteiger partial charge on any atom is 0.333 e. The summed E-state index contributed by atoms with van der Waals surface area (Å²) in [5.74, 6) is 1.02. The van der Waals surface area contributed by atoms with Crippen LogP contribution in [0.25, 0.3) is 21.5 Å². The molecule has 0 bridgehead atoms. The average Bonchev–Trinajstić information content (AvgIpc) is 3.36. The minimum atomic E-state index is -0.450. The molecular weight excluding hydrogens is 476 g/mol. The molecule has 182 valence electrons. The van der Waals surface area contributed by atoms with Gasteiger partial charge in [-0.05, 0) is 54.6 Å². The van der Waals surface area contributed by atoms with E-state index in [0.29, 0.717) is 35.1 Å². The number of hydrogen-bond donors (Lipinski definition) is 0. The van der Waals surface area contributed by atoms with Gasteiger partial charge in [-0.15, -0.1) is 11.3 Å². The van der Waals surface area contributed by atoms with Gasteiger partial charge < -0.3 is 9.47 Å². The molecule has 0 aliphatic rings. The smallest absolute Gasteiger partial charge is 0.333 e. The molecule has 0 unspecified atom stereocenters. The van der Waals surface area contributed by atoms with Gasteiger partial charge in [0.2, 0.25) is 5.88 Å². The molecule has 0 atom stereocenters. The van der Waals surface area contributed by atoms with Gasteiger partial charge in [0, 0.05) is 18.2 Å². The van der Waals surface area contributed by atoms with Gasteiger partial charge in [-0.2, -0.15) is 0 Å². The summed E-state index contributed by atoms with van der Waals surface area (Å²) in [5, 5.41) is 1.94. The van der Waals surface area contributed by atoms with Crippen LogP contribution in [0.15, 0.2) is 75.9 Å². The van der Waals surface area contributed by atoms with Crippen molar-refractivity contribution in [1.82, 2.24) is 19.1 Å². The average molecular weight is 501 g/mol. The van der Waals surface area contributed by atoms with Gasteiger partial charge in [-0.1, -0.05) is 30.3 Å². The van der Waals surface area contributed by atoms with Gasteiger partial charge in [-0.25, -0.2) is 19.3 Å². The number of nitrogens with zero attached hydrogens (tertiary/aromatic N) is 4. The number of hydrogen-bond acceptors (Lipinski definition) is 7. The van der Waals surface area contributed by atoms with Crippen LogP contribution in [0.5, 0.6) is 11.6 Å². The van der Waals surface area contributed by atoms with Crippen LogP contribution in [0.2, 0.25) is 0 Å². The topological polar surface area (TPSA) is 88.2 Å². The summed E-state index contributed by atoms with van der Waals surface area (Å²) in [6.45, 7) is 3.82. The van der Waals surface area contributed by atoms with Crippen LogP contribution < -0.4 is 16.0 Å². The van der Waals surface area contributed by atoms with Crippen molar-refractivity contribution in [3.05, 3.63) is 104 Å². The Balaban J connectivity index is 1.48. The predicted molar refractivity (Wildman–Crippen MR) is 140 cm³/mol. The lowest BCUT2D eigenvalue weighted by molar-refractivity contribution is 0.0580. The molecule has 9 heteroatoms. The van der Waals surface area contributed by atoms with Crippen molar-refractivity contribution in [3.8, 4) is 22.9 Å². The Hall–Kier alpha value is -4.08. The summed E-state index contributed by atoms with van der Waals surface area (Å²) in [7, 11) is 1.65. The Morgan fingerprint density at radius 2 is 1.81 bits per heavy atom. The highest BCUT2D eigenvalue weighted by Gasteiger charge is 2.17. The highest BCUT2D eigenvalue weighted by Crippen LogP contribution is 2.33. The first-order chi connectivity index (χ1) is 17.4. The maximum atomic E-state index is 13.2. The van der Waals surface area contributed by atoms with Crippen LogP contribution in [-0.4, -0.2) is 19.1 Å². The molecule has 0 radical (unpaired) electrons. The second kappa shape index (κ2) is 9.88. The van der Waals surface area contributed by atoms with Gasteiger partial charge in [0.15, 0.2) is 0 Å². The number of benzene rings is 2. The number of fused-ring (bicyclic) bond motifs is 1. The number of aromatic nitrogens is 4. The fourth-order valence-electron chi connectivity index (χ4n) is 4.17. The van der Waals surface area contributed by atoms with Gasteiger partial charge in [0.1, 0.15) is 23.5 Å². The van der Waals surface area contributed by atoms with E-state index >= 15 is 0 Å². The molecule has 0 aliphatic carbocycles. The van der Waals surface area contributed by atoms with Gasteiger partial charge >= 0.3 is 5.69 Å². The van der Waals surface area contributed by atoms with Crippen molar-refractivity contribution in [3.63, 3.8) is 0 Å². The standard InChI is InChI=1S/C27H24N4O4S/c1-17-11-20(13-21(12-17)35-25-24-22(9-10-36-24)28-15-29-25)23-18(2)26(32)31(27(33)30(23)3)16-34-14-19-7-5-4-6-8-19/h4-13,15H,14,16H2,1-3H3. The van der Waals surface area contributed by atoms with Crippen molar-refractivity contribution in [2.45, 2.75) is 27.2 Å². The van der Waals surface area contributed by atoms with Crippen LogP contribution in [0.3, 0.4) is 0 Å². The molecule has 3 heterocycles. The third-order valence-electron chi connectivity index (χ3n) is 5.86. The van der Waals surface area contributed by atoms with Gasteiger partial charge in [-0.3, -0.25) is 9.36 Å². The van der Waals surface area contributed by atoms with Crippen LogP contribution in [0, 0.1) is 13.8 Å². The molecule has 0 aliphatic heterocycles. The number of aryl methyl sites for hydroxylation is 1. The Morgan fingerprint density at radius 1 is 1.00 bits per heavy atom. The quantitative estimate of drug-likeness (QED) is 0.319. The van der Waals surface area contributed by atoms with Crippen LogP contribution in [0.4, 0.5) is 0 Å². The fourth-order valence-corrected chi connectivity index (χ4v) is 4.94. The zero-order valence-corrected chi connectivity index (χ0v) is 20.9. The molecule has 0 saturated heterocycles. The second-order valence-electron chi connectivity index (χ2n) is 8.46. The second-order valence-corrected chi connectivity index (χ2v) is 9.38. The SMILES string of the molecule is Cc1cc(Oc2ncnc3ccsc23)cc(-c2c(C)c(=O)n(COCc3ccccc3)c(=O)n2C)c1. The third kappa shape index (κ3) is 4.58. The molecule has 5 rings (SSSR count). The molecule has 0 saturated carbocycles. The van der Waals surface area contributed by atoms with Crippen LogP contribution in [-0.2, 0) is 25.1 Å². The summed E-state index contributed by atoms with van der Waals surface area (Å²) in [6.07, 6.45) is 1.47. The maximum absolute atomic E-state index is 13.2. The van der Waals surface area contributed by atoms with E-state index in [-0.39, 0.29) is 12.3 Å². The molecule has 0 N–H and O–H groups in total. The molecule has 0 spiro atoms. The van der Waals surface area contributed by atoms with Crippen molar-refractivity contribution in [2.24, 2.45) is 7.05 Å². The van der Waals surface area contributed by atoms with Crippen molar-refractivity contribution >= 4 is 21.6 Å². The lowest BCUT2D eigenvalue weighted by Crippen LogP contribution is -2.41. The Labute approximate surface area is 211 Å². The van der Waals surface area contributed by atoms with Gasteiger partial charge in [0.05, 0.1) is 17.8 Å². The van der Waals surface area contributed by atoms with Crippen LogP contribution >= 0.6 is 11.3 Å². The minimum Gasteiger partial charge on any atom is -0.437 e. The van der Waals surface area contributed by atoms with Crippen molar-refractivity contribution < 1.29 is 9.47 Å². The summed E-state index contributed by atoms with van der Waals surface area (Å²) >= 11 is 1.50. The first-order valence-corrected chi connectivity index (χ1v) is 12.2. The molecule has 0 amide bonds. The summed E-state index contributed by atoms with van der Waals surface area (Å²) < 4.78 is 15.2. The molecule has 3 aromatic heterocycles. The summed E-state index contributed by atoms with van der Waals surface area (Å²) in [6, 6.07) is 17.1. The first-order valence-electron chi connectivity index (χ1n) is 11.3. The highest BCUT2D eigenvalue weighted by atomic mass is 32.1. The lowest BCUT2D eigenvalue weighted by Gasteiger charge is -2.17. The van der Waals surface area contributed by atoms with E-state index in [1.165, 1.54) is 22.2 Å². The van der Waals surface area contributed by atoms with E-state index in [9.17, 15) is 9.59 Å². The molecule has 5 aromatic rings. The normalized spacial score (nSPS) is 11.2. The summed E-state index contributed by atoms with van der Waals surface area (Å²) in [5.41, 5.74) is 3.53. The van der Waals surface area contributed by atoms with Crippen molar-refractivity contribution in [2.75, 3.05) is 0 Å². The molecule has 36 heavy (non-hydrogen) atoms. The number of ether oxygens (including phenoxy) is 2. The first kappa shape index (κ1) is 23.7. The van der Waals surface area contributed by atoms with Crippen LogP contribution in [0.1, 0.15) is 16.7 Å². The van der Waals surface area contributed by atoms with E-state index in [4.69, 9.17) is 9.47 Å². The van der Waals surface area contributed by atoms with Gasteiger partial charge in [0.25, 0.3) is 5.56 Å². The Morgan fingerprint density at radius 3 is 2.61 bits per heavy atom. The molecular formula is C27H24N4O4S.